The van der Waals surface area contributed by atoms with Crippen LogP contribution in [0.1, 0.15) is 57.1 Å². The number of aryl methyl sites for hydroxylation is 2. The van der Waals surface area contributed by atoms with Crippen LogP contribution in [0.2, 0.25) is 0 Å². The molecule has 2 bridgehead atoms. The molecule has 8 nitrogen and oxygen atoms in total. The van der Waals surface area contributed by atoms with Crippen molar-refractivity contribution in [3.63, 3.8) is 0 Å². The van der Waals surface area contributed by atoms with E-state index in [9.17, 15) is 19.5 Å². The Morgan fingerprint density at radius 3 is 2.46 bits per heavy atom. The number of likely N-dealkylation sites (tertiary alicyclic amines) is 1. The number of carbonyl (C=O) groups is 3. The summed E-state index contributed by atoms with van der Waals surface area (Å²) >= 11 is 0. The Kier molecular flexibility index (Phi) is 9.14. The first-order chi connectivity index (χ1) is 19.5. The van der Waals surface area contributed by atoms with Crippen LogP contribution in [0.3, 0.4) is 0 Å². The fraction of sp³-hybridized carbons (Fsp3) is 0.606. The highest BCUT2D eigenvalue weighted by molar-refractivity contribution is 6.05. The van der Waals surface area contributed by atoms with Gasteiger partial charge < -0.3 is 24.5 Å². The van der Waals surface area contributed by atoms with Crippen LogP contribution in [0, 0.1) is 31.6 Å². The van der Waals surface area contributed by atoms with Crippen molar-refractivity contribution in [2.75, 3.05) is 38.2 Å². The highest BCUT2D eigenvalue weighted by atomic mass is 16.5. The first kappa shape index (κ1) is 31.0. The molecule has 0 radical (unpaired) electrons. The highest BCUT2D eigenvalue weighted by Crippen LogP contribution is 2.65. The van der Waals surface area contributed by atoms with Crippen molar-refractivity contribution in [3.8, 4) is 0 Å². The van der Waals surface area contributed by atoms with Crippen LogP contribution in [0.4, 0.5) is 5.69 Å². The van der Waals surface area contributed by atoms with E-state index in [-0.39, 0.29) is 36.8 Å². The number of likely N-dealkylation sites (N-methyl/N-ethyl adjacent to an activating group) is 1. The van der Waals surface area contributed by atoms with Crippen LogP contribution >= 0.6 is 0 Å². The van der Waals surface area contributed by atoms with Gasteiger partial charge in [0.05, 0.1) is 17.4 Å². The summed E-state index contributed by atoms with van der Waals surface area (Å²) in [7, 11) is 1.73. The number of benzene rings is 1. The summed E-state index contributed by atoms with van der Waals surface area (Å²) in [5.41, 5.74) is 0.814. The smallest absolute Gasteiger partial charge is 0.253 e. The van der Waals surface area contributed by atoms with Gasteiger partial charge in [-0.05, 0) is 63.1 Å². The Labute approximate surface area is 245 Å². The van der Waals surface area contributed by atoms with Gasteiger partial charge in [-0.15, -0.1) is 13.2 Å². The fourth-order valence-electron chi connectivity index (χ4n) is 7.50. The van der Waals surface area contributed by atoms with Crippen LogP contribution in [0.15, 0.2) is 43.5 Å². The molecule has 3 fully saturated rings. The molecule has 0 aromatic heterocycles. The maximum Gasteiger partial charge on any atom is 0.253 e. The molecule has 0 saturated carbocycles. The van der Waals surface area contributed by atoms with Gasteiger partial charge in [0.15, 0.2) is 0 Å². The van der Waals surface area contributed by atoms with Crippen molar-refractivity contribution < 1.29 is 24.2 Å². The minimum absolute atomic E-state index is 0.0222. The minimum Gasteiger partial charge on any atom is -0.396 e. The summed E-state index contributed by atoms with van der Waals surface area (Å²) in [5, 5.41) is 9.21. The number of ether oxygens (including phenoxy) is 1. The lowest BCUT2D eigenvalue weighted by molar-refractivity contribution is -0.150. The second kappa shape index (κ2) is 12.1. The largest absolute Gasteiger partial charge is 0.396 e. The second-order valence-electron chi connectivity index (χ2n) is 12.4. The molecule has 3 aliphatic heterocycles. The number of amides is 3. The van der Waals surface area contributed by atoms with Gasteiger partial charge in [-0.2, -0.15) is 0 Å². The Balaban J connectivity index is 1.80. The summed E-state index contributed by atoms with van der Waals surface area (Å²) in [6.45, 7) is 16.9. The molecule has 1 aromatic carbocycles. The number of carbonyl (C=O) groups excluding carboxylic acids is 3. The third kappa shape index (κ3) is 5.14. The van der Waals surface area contributed by atoms with Crippen molar-refractivity contribution >= 4 is 23.4 Å². The monoisotopic (exact) mass is 565 g/mol. The molecule has 1 spiro atoms. The van der Waals surface area contributed by atoms with Crippen LogP contribution in [-0.4, -0.2) is 83.2 Å². The van der Waals surface area contributed by atoms with Gasteiger partial charge in [0.1, 0.15) is 11.6 Å². The van der Waals surface area contributed by atoms with Crippen LogP contribution in [0.5, 0.6) is 0 Å². The molecular weight excluding hydrogens is 518 g/mol. The van der Waals surface area contributed by atoms with Gasteiger partial charge >= 0.3 is 0 Å². The summed E-state index contributed by atoms with van der Waals surface area (Å²) in [6.07, 6.45) is 6.98. The van der Waals surface area contributed by atoms with E-state index in [1.807, 2.05) is 39.0 Å². The maximum atomic E-state index is 14.8. The van der Waals surface area contributed by atoms with Crippen molar-refractivity contribution in [1.82, 2.24) is 9.80 Å². The quantitative estimate of drug-likeness (QED) is 0.288. The predicted octanol–water partition coefficient (Wildman–Crippen LogP) is 4.03. The van der Waals surface area contributed by atoms with E-state index in [1.165, 1.54) is 0 Å². The molecule has 41 heavy (non-hydrogen) atoms. The van der Waals surface area contributed by atoms with Crippen molar-refractivity contribution in [2.45, 2.75) is 77.0 Å². The number of fused-ring (bicyclic) bond motifs is 1. The standard InChI is InChI=1S/C33H47N3O5/c1-8-16-34(7)29(38)26-27-30(39)36(18-12-10-11-13-19-37)28(33(27)21-24(5)32(26,6)41-33)31(40)35(17-9-2)25-20-22(3)14-15-23(25)4/h8-9,14-15,20,24,26-28,37H,1-2,10-13,16-19,21H2,3-7H3/t24?,26-,27-,28?,32+,33?/m0/s1. The van der Waals surface area contributed by atoms with Crippen LogP contribution in [-0.2, 0) is 19.1 Å². The molecular formula is C33H47N3O5. The van der Waals surface area contributed by atoms with E-state index in [0.29, 0.717) is 32.4 Å². The summed E-state index contributed by atoms with van der Waals surface area (Å²) in [4.78, 5) is 48.2. The zero-order valence-electron chi connectivity index (χ0n) is 25.4. The van der Waals surface area contributed by atoms with Gasteiger partial charge in [0.2, 0.25) is 11.8 Å². The molecule has 0 aliphatic carbocycles. The van der Waals surface area contributed by atoms with Gasteiger partial charge in [0.25, 0.3) is 5.91 Å². The average molecular weight is 566 g/mol. The normalized spacial score (nSPS) is 29.9. The van der Waals surface area contributed by atoms with Crippen molar-refractivity contribution in [3.05, 3.63) is 54.6 Å². The molecule has 3 aliphatic rings. The zero-order chi connectivity index (χ0) is 30.1. The summed E-state index contributed by atoms with van der Waals surface area (Å²) < 4.78 is 6.90. The number of hydrogen-bond donors (Lipinski definition) is 1. The average Bonchev–Trinajstić information content (AvgIpc) is 3.44. The van der Waals surface area contributed by atoms with Crippen molar-refractivity contribution in [1.29, 1.82) is 0 Å². The number of rotatable bonds is 13. The topological polar surface area (TPSA) is 90.4 Å². The number of nitrogens with zero attached hydrogens (tertiary/aromatic N) is 3. The van der Waals surface area contributed by atoms with Gasteiger partial charge in [-0.1, -0.05) is 44.1 Å². The van der Waals surface area contributed by atoms with E-state index < -0.39 is 29.1 Å². The number of anilines is 1. The fourth-order valence-corrected chi connectivity index (χ4v) is 7.50. The second-order valence-corrected chi connectivity index (χ2v) is 12.4. The van der Waals surface area contributed by atoms with Gasteiger partial charge in [-0.3, -0.25) is 14.4 Å². The third-order valence-electron chi connectivity index (χ3n) is 9.63. The Hall–Kier alpha value is -2.97. The SMILES string of the molecule is C=CCN(C)C(=O)[C@@H]1[C@H]2C(=O)N(CCCCCCO)C(C(=O)N(CC=C)c3cc(C)ccc3C)C23CC(C)[C@@]1(C)O3. The molecule has 3 amide bonds. The predicted molar refractivity (Wildman–Crippen MR) is 160 cm³/mol. The van der Waals surface area contributed by atoms with E-state index in [0.717, 1.165) is 29.7 Å². The highest BCUT2D eigenvalue weighted by Gasteiger charge is 2.80. The molecule has 1 N–H and O–H groups in total. The molecule has 3 unspecified atom stereocenters. The molecule has 8 heteroatoms. The Morgan fingerprint density at radius 2 is 1.80 bits per heavy atom. The summed E-state index contributed by atoms with van der Waals surface area (Å²) in [6, 6.07) is 5.15. The maximum absolute atomic E-state index is 14.8. The molecule has 224 valence electrons. The van der Waals surface area contributed by atoms with E-state index >= 15 is 0 Å². The van der Waals surface area contributed by atoms with Gasteiger partial charge in [-0.25, -0.2) is 0 Å². The number of unbranched alkanes of at least 4 members (excludes halogenated alkanes) is 3. The van der Waals surface area contributed by atoms with Gasteiger partial charge in [0, 0.05) is 39.0 Å². The minimum atomic E-state index is -1.10. The van der Waals surface area contributed by atoms with Crippen LogP contribution < -0.4 is 4.90 Å². The number of aliphatic hydroxyl groups is 1. The molecule has 1 aromatic rings. The van der Waals surface area contributed by atoms with E-state index in [1.54, 1.807) is 33.9 Å². The first-order valence-electron chi connectivity index (χ1n) is 14.9. The molecule has 6 atom stereocenters. The number of aliphatic hydroxyl groups excluding tert-OH is 1. The summed E-state index contributed by atoms with van der Waals surface area (Å²) in [5.74, 6) is -1.97. The van der Waals surface area contributed by atoms with Crippen LogP contribution in [0.25, 0.3) is 0 Å². The van der Waals surface area contributed by atoms with E-state index in [4.69, 9.17) is 4.74 Å². The third-order valence-corrected chi connectivity index (χ3v) is 9.63. The number of hydrogen-bond acceptors (Lipinski definition) is 5. The molecule has 3 heterocycles. The zero-order valence-corrected chi connectivity index (χ0v) is 25.4. The lowest BCUT2D eigenvalue weighted by Crippen LogP contribution is -2.57. The van der Waals surface area contributed by atoms with E-state index in [2.05, 4.69) is 20.1 Å². The first-order valence-corrected chi connectivity index (χ1v) is 14.9. The lowest BCUT2D eigenvalue weighted by atomic mass is 9.62. The Morgan fingerprint density at radius 1 is 1.12 bits per heavy atom. The Bertz CT molecular complexity index is 1200. The van der Waals surface area contributed by atoms with Crippen molar-refractivity contribution in [2.24, 2.45) is 17.8 Å². The lowest BCUT2D eigenvalue weighted by Gasteiger charge is -2.38. The molecule has 3 saturated heterocycles. The molecule has 4 rings (SSSR count).